The maximum Gasteiger partial charge on any atom is 0.0590 e. The van der Waals surface area contributed by atoms with Crippen LogP contribution in [0.15, 0.2) is 0 Å². The SMILES string of the molecule is CNC(C1CCCCCC1)C1CCOC1C. The van der Waals surface area contributed by atoms with E-state index in [1.165, 1.54) is 44.9 Å². The van der Waals surface area contributed by atoms with Gasteiger partial charge in [0.2, 0.25) is 0 Å². The van der Waals surface area contributed by atoms with Crippen LogP contribution < -0.4 is 5.32 Å². The van der Waals surface area contributed by atoms with Gasteiger partial charge < -0.3 is 10.1 Å². The highest BCUT2D eigenvalue weighted by Gasteiger charge is 2.35. The zero-order valence-electron chi connectivity index (χ0n) is 10.9. The summed E-state index contributed by atoms with van der Waals surface area (Å²) in [5.74, 6) is 1.63. The Bertz CT molecular complexity index is 199. The minimum absolute atomic E-state index is 0.459. The first-order chi connectivity index (χ1) is 7.83. The minimum atomic E-state index is 0.459. The van der Waals surface area contributed by atoms with E-state index in [0.29, 0.717) is 12.1 Å². The fourth-order valence-corrected chi connectivity index (χ4v) is 3.69. The van der Waals surface area contributed by atoms with Crippen LogP contribution in [0, 0.1) is 11.8 Å². The Kier molecular flexibility index (Phi) is 4.66. The molecule has 16 heavy (non-hydrogen) atoms. The van der Waals surface area contributed by atoms with Crippen LogP contribution in [0.4, 0.5) is 0 Å². The van der Waals surface area contributed by atoms with Crippen LogP contribution in [0.2, 0.25) is 0 Å². The molecule has 0 aromatic carbocycles. The molecule has 0 radical (unpaired) electrons. The van der Waals surface area contributed by atoms with Crippen molar-refractivity contribution < 1.29 is 4.74 Å². The van der Waals surface area contributed by atoms with Gasteiger partial charge >= 0.3 is 0 Å². The van der Waals surface area contributed by atoms with Crippen molar-refractivity contribution in [3.63, 3.8) is 0 Å². The summed E-state index contributed by atoms with van der Waals surface area (Å²) in [6, 6.07) is 0.690. The summed E-state index contributed by atoms with van der Waals surface area (Å²) in [6.07, 6.45) is 10.3. The van der Waals surface area contributed by atoms with Crippen molar-refractivity contribution in [1.29, 1.82) is 0 Å². The molecule has 1 heterocycles. The first-order valence-corrected chi connectivity index (χ1v) is 7.12. The van der Waals surface area contributed by atoms with Gasteiger partial charge in [-0.3, -0.25) is 0 Å². The van der Waals surface area contributed by atoms with Gasteiger partial charge in [-0.05, 0) is 39.2 Å². The molecule has 1 saturated heterocycles. The standard InChI is InChI=1S/C14H27NO/c1-11-13(9-10-16-11)14(15-2)12-7-5-3-4-6-8-12/h11-15H,3-10H2,1-2H3. The van der Waals surface area contributed by atoms with Crippen LogP contribution >= 0.6 is 0 Å². The first kappa shape index (κ1) is 12.4. The molecule has 2 fully saturated rings. The second-order valence-electron chi connectivity index (χ2n) is 5.59. The number of ether oxygens (including phenoxy) is 1. The van der Waals surface area contributed by atoms with E-state index in [1.807, 2.05) is 0 Å². The maximum atomic E-state index is 5.73. The summed E-state index contributed by atoms with van der Waals surface area (Å²) < 4.78 is 5.73. The zero-order valence-corrected chi connectivity index (χ0v) is 10.9. The van der Waals surface area contributed by atoms with E-state index < -0.39 is 0 Å². The number of rotatable bonds is 3. The predicted octanol–water partition coefficient (Wildman–Crippen LogP) is 2.97. The molecule has 0 amide bonds. The van der Waals surface area contributed by atoms with Gasteiger partial charge in [-0.1, -0.05) is 25.7 Å². The molecule has 0 spiro atoms. The van der Waals surface area contributed by atoms with Crippen molar-refractivity contribution in [3.8, 4) is 0 Å². The van der Waals surface area contributed by atoms with Gasteiger partial charge in [-0.25, -0.2) is 0 Å². The molecule has 2 heteroatoms. The van der Waals surface area contributed by atoms with Crippen LogP contribution in [0.25, 0.3) is 0 Å². The molecular weight excluding hydrogens is 198 g/mol. The van der Waals surface area contributed by atoms with Crippen molar-refractivity contribution >= 4 is 0 Å². The normalized spacial score (nSPS) is 34.9. The average Bonchev–Trinajstić information content (AvgIpc) is 2.57. The number of hydrogen-bond acceptors (Lipinski definition) is 2. The van der Waals surface area contributed by atoms with E-state index in [4.69, 9.17) is 4.74 Å². The van der Waals surface area contributed by atoms with Crippen molar-refractivity contribution in [3.05, 3.63) is 0 Å². The highest BCUT2D eigenvalue weighted by Crippen LogP contribution is 2.33. The summed E-state index contributed by atoms with van der Waals surface area (Å²) in [5, 5.41) is 3.59. The fourth-order valence-electron chi connectivity index (χ4n) is 3.69. The molecule has 2 nitrogen and oxygen atoms in total. The first-order valence-electron chi connectivity index (χ1n) is 7.12. The smallest absolute Gasteiger partial charge is 0.0590 e. The van der Waals surface area contributed by atoms with Gasteiger partial charge in [-0.15, -0.1) is 0 Å². The molecule has 3 unspecified atom stereocenters. The summed E-state index contributed by atoms with van der Waals surface area (Å²) in [4.78, 5) is 0. The second-order valence-corrected chi connectivity index (χ2v) is 5.59. The van der Waals surface area contributed by atoms with Gasteiger partial charge in [0.25, 0.3) is 0 Å². The van der Waals surface area contributed by atoms with E-state index in [1.54, 1.807) is 0 Å². The Hall–Kier alpha value is -0.0800. The molecule has 0 bridgehead atoms. The molecule has 2 aliphatic rings. The van der Waals surface area contributed by atoms with E-state index in [2.05, 4.69) is 19.3 Å². The van der Waals surface area contributed by atoms with E-state index >= 15 is 0 Å². The van der Waals surface area contributed by atoms with Gasteiger partial charge in [0.1, 0.15) is 0 Å². The van der Waals surface area contributed by atoms with Crippen molar-refractivity contribution in [2.75, 3.05) is 13.7 Å². The van der Waals surface area contributed by atoms with Gasteiger partial charge in [0, 0.05) is 18.6 Å². The molecule has 2 rings (SSSR count). The highest BCUT2D eigenvalue weighted by atomic mass is 16.5. The number of nitrogens with one attached hydrogen (secondary N) is 1. The van der Waals surface area contributed by atoms with Crippen molar-refractivity contribution in [2.24, 2.45) is 11.8 Å². The molecule has 1 aliphatic carbocycles. The van der Waals surface area contributed by atoms with Crippen LogP contribution in [0.1, 0.15) is 51.9 Å². The summed E-state index contributed by atoms with van der Waals surface area (Å²) in [6.45, 7) is 3.22. The lowest BCUT2D eigenvalue weighted by Gasteiger charge is -2.32. The van der Waals surface area contributed by atoms with E-state index in [0.717, 1.165) is 18.4 Å². The summed E-state index contributed by atoms with van der Waals surface area (Å²) in [7, 11) is 2.14. The average molecular weight is 225 g/mol. The van der Waals surface area contributed by atoms with E-state index in [-0.39, 0.29) is 0 Å². The molecule has 3 atom stereocenters. The summed E-state index contributed by atoms with van der Waals surface area (Å²) >= 11 is 0. The monoisotopic (exact) mass is 225 g/mol. The Morgan fingerprint density at radius 3 is 2.25 bits per heavy atom. The predicted molar refractivity (Wildman–Crippen MR) is 67.6 cm³/mol. The van der Waals surface area contributed by atoms with Crippen molar-refractivity contribution in [1.82, 2.24) is 5.32 Å². The number of hydrogen-bond donors (Lipinski definition) is 1. The fraction of sp³-hybridized carbons (Fsp3) is 1.00. The topological polar surface area (TPSA) is 21.3 Å². The Labute approximate surface area is 100 Å². The summed E-state index contributed by atoms with van der Waals surface area (Å²) in [5.41, 5.74) is 0. The molecule has 94 valence electrons. The molecule has 1 saturated carbocycles. The lowest BCUT2D eigenvalue weighted by Crippen LogP contribution is -2.42. The van der Waals surface area contributed by atoms with Gasteiger partial charge in [0.15, 0.2) is 0 Å². The van der Waals surface area contributed by atoms with Gasteiger partial charge in [0.05, 0.1) is 6.10 Å². The van der Waals surface area contributed by atoms with Crippen LogP contribution in [0.5, 0.6) is 0 Å². The molecule has 1 aliphatic heterocycles. The molecule has 1 N–H and O–H groups in total. The zero-order chi connectivity index (χ0) is 11.4. The van der Waals surface area contributed by atoms with Crippen LogP contribution in [-0.4, -0.2) is 25.8 Å². The third-order valence-corrected chi connectivity index (χ3v) is 4.64. The Balaban J connectivity index is 1.96. The largest absolute Gasteiger partial charge is 0.378 e. The van der Waals surface area contributed by atoms with E-state index in [9.17, 15) is 0 Å². The lowest BCUT2D eigenvalue weighted by atomic mass is 9.81. The lowest BCUT2D eigenvalue weighted by molar-refractivity contribution is 0.0859. The minimum Gasteiger partial charge on any atom is -0.378 e. The van der Waals surface area contributed by atoms with Crippen LogP contribution in [-0.2, 0) is 4.74 Å². The maximum absolute atomic E-state index is 5.73. The second kappa shape index (κ2) is 6.02. The Morgan fingerprint density at radius 1 is 1.06 bits per heavy atom. The third kappa shape index (κ3) is 2.78. The van der Waals surface area contributed by atoms with Crippen molar-refractivity contribution in [2.45, 2.75) is 64.0 Å². The molecule has 0 aromatic heterocycles. The Morgan fingerprint density at radius 2 is 1.75 bits per heavy atom. The van der Waals surface area contributed by atoms with Gasteiger partial charge in [-0.2, -0.15) is 0 Å². The molecular formula is C14H27NO. The highest BCUT2D eigenvalue weighted by molar-refractivity contribution is 4.88. The molecule has 0 aromatic rings. The quantitative estimate of drug-likeness (QED) is 0.746. The van der Waals surface area contributed by atoms with Crippen LogP contribution in [0.3, 0.4) is 0 Å². The third-order valence-electron chi connectivity index (χ3n) is 4.64.